The Morgan fingerprint density at radius 3 is 2.78 bits per heavy atom. The molecule has 3 aromatic rings. The van der Waals surface area contributed by atoms with Crippen LogP contribution < -0.4 is 10.1 Å². The number of anilines is 1. The van der Waals surface area contributed by atoms with Crippen LogP contribution in [0.15, 0.2) is 42.5 Å². The van der Waals surface area contributed by atoms with Crippen molar-refractivity contribution in [1.29, 1.82) is 5.26 Å². The van der Waals surface area contributed by atoms with Gasteiger partial charge in [0.15, 0.2) is 5.69 Å². The van der Waals surface area contributed by atoms with E-state index in [1.54, 1.807) is 7.11 Å². The van der Waals surface area contributed by atoms with E-state index in [1.165, 1.54) is 0 Å². The highest BCUT2D eigenvalue weighted by atomic mass is 16.5. The van der Waals surface area contributed by atoms with Crippen molar-refractivity contribution in [3.63, 3.8) is 0 Å². The highest BCUT2D eigenvalue weighted by molar-refractivity contribution is 5.93. The summed E-state index contributed by atoms with van der Waals surface area (Å²) >= 11 is 0. The summed E-state index contributed by atoms with van der Waals surface area (Å²) in [4.78, 5) is 0. The highest BCUT2D eigenvalue weighted by Gasteiger charge is 2.11. The lowest BCUT2D eigenvalue weighted by Gasteiger charge is -2.13. The summed E-state index contributed by atoms with van der Waals surface area (Å²) in [6.07, 6.45) is 0. The largest absolute Gasteiger partial charge is 0.496 e. The van der Waals surface area contributed by atoms with Crippen molar-refractivity contribution in [1.82, 2.24) is 10.2 Å². The average Bonchev–Trinajstić information content (AvgIpc) is 2.59. The van der Waals surface area contributed by atoms with Crippen molar-refractivity contribution in [2.24, 2.45) is 0 Å². The van der Waals surface area contributed by atoms with Gasteiger partial charge in [0.2, 0.25) is 0 Å². The van der Waals surface area contributed by atoms with Gasteiger partial charge in [0.25, 0.3) is 0 Å². The molecule has 0 saturated carbocycles. The van der Waals surface area contributed by atoms with Crippen molar-refractivity contribution < 1.29 is 4.74 Å². The number of hydrogen-bond acceptors (Lipinski definition) is 5. The van der Waals surface area contributed by atoms with Gasteiger partial charge in [-0.3, -0.25) is 0 Å². The first kappa shape index (κ1) is 14.8. The van der Waals surface area contributed by atoms with Crippen LogP contribution in [0.1, 0.15) is 16.8 Å². The van der Waals surface area contributed by atoms with Gasteiger partial charge < -0.3 is 10.1 Å². The van der Waals surface area contributed by atoms with Crippen LogP contribution >= 0.6 is 0 Å². The second kappa shape index (κ2) is 6.32. The molecule has 0 spiro atoms. The molecule has 5 nitrogen and oxygen atoms in total. The number of rotatable bonds is 4. The molecular weight excluding hydrogens is 288 g/mol. The molecule has 0 aliphatic heterocycles. The number of nitrogens with zero attached hydrogens (tertiary/aromatic N) is 3. The number of fused-ring (bicyclic) bond motifs is 1. The number of para-hydroxylation sites is 1. The van der Waals surface area contributed by atoms with E-state index in [1.807, 2.05) is 49.4 Å². The zero-order valence-corrected chi connectivity index (χ0v) is 13.0. The fourth-order valence-electron chi connectivity index (χ4n) is 2.51. The quantitative estimate of drug-likeness (QED) is 0.799. The average molecular weight is 304 g/mol. The molecule has 0 amide bonds. The van der Waals surface area contributed by atoms with Crippen molar-refractivity contribution in [3.05, 3.63) is 59.3 Å². The van der Waals surface area contributed by atoms with Gasteiger partial charge in [-0.15, -0.1) is 10.2 Å². The Morgan fingerprint density at radius 1 is 1.17 bits per heavy atom. The lowest BCUT2D eigenvalue weighted by atomic mass is 10.1. The smallest absolute Gasteiger partial charge is 0.186 e. The van der Waals surface area contributed by atoms with Crippen LogP contribution in [0, 0.1) is 18.3 Å². The van der Waals surface area contributed by atoms with Crippen molar-refractivity contribution >= 4 is 16.6 Å². The Labute approximate surface area is 134 Å². The lowest BCUT2D eigenvalue weighted by Crippen LogP contribution is -2.06. The molecule has 0 bridgehead atoms. The molecule has 3 rings (SSSR count). The minimum absolute atomic E-state index is 0.290. The Hall–Kier alpha value is -3.13. The van der Waals surface area contributed by atoms with Gasteiger partial charge in [0.05, 0.1) is 18.3 Å². The molecule has 1 N–H and O–H groups in total. The number of nitriles is 1. The lowest BCUT2D eigenvalue weighted by molar-refractivity contribution is 0.410. The maximum Gasteiger partial charge on any atom is 0.186 e. The molecule has 0 saturated heterocycles. The first-order valence-corrected chi connectivity index (χ1v) is 7.26. The van der Waals surface area contributed by atoms with Gasteiger partial charge in [0, 0.05) is 17.5 Å². The van der Waals surface area contributed by atoms with Crippen LogP contribution in [0.25, 0.3) is 10.9 Å². The molecule has 1 heterocycles. The summed E-state index contributed by atoms with van der Waals surface area (Å²) in [6, 6.07) is 15.8. The van der Waals surface area contributed by atoms with E-state index >= 15 is 0 Å². The molecule has 0 radical (unpaired) electrons. The summed E-state index contributed by atoms with van der Waals surface area (Å²) in [5.74, 6) is 0.806. The second-order valence-electron chi connectivity index (χ2n) is 5.22. The van der Waals surface area contributed by atoms with Gasteiger partial charge in [-0.25, -0.2) is 0 Å². The molecule has 114 valence electrons. The third-order valence-electron chi connectivity index (χ3n) is 3.67. The van der Waals surface area contributed by atoms with Gasteiger partial charge in [-0.05, 0) is 25.1 Å². The van der Waals surface area contributed by atoms with E-state index in [0.717, 1.165) is 27.8 Å². The number of aryl methyl sites for hydroxylation is 1. The summed E-state index contributed by atoms with van der Waals surface area (Å²) < 4.78 is 5.36. The van der Waals surface area contributed by atoms with E-state index in [4.69, 9.17) is 4.74 Å². The highest BCUT2D eigenvalue weighted by Crippen LogP contribution is 2.27. The fraction of sp³-hybridized carbons (Fsp3) is 0.167. The van der Waals surface area contributed by atoms with Gasteiger partial charge in [-0.2, -0.15) is 5.26 Å². The Morgan fingerprint density at radius 2 is 2.00 bits per heavy atom. The van der Waals surface area contributed by atoms with E-state index in [0.29, 0.717) is 12.2 Å². The third-order valence-corrected chi connectivity index (χ3v) is 3.67. The zero-order chi connectivity index (χ0) is 16.2. The zero-order valence-electron chi connectivity index (χ0n) is 13.0. The van der Waals surface area contributed by atoms with Crippen LogP contribution in [0.5, 0.6) is 5.75 Å². The summed E-state index contributed by atoms with van der Waals surface area (Å²) in [7, 11) is 1.65. The minimum Gasteiger partial charge on any atom is -0.496 e. The predicted molar refractivity (Wildman–Crippen MR) is 89.3 cm³/mol. The Kier molecular flexibility index (Phi) is 4.07. The minimum atomic E-state index is 0.290. The normalized spacial score (nSPS) is 10.3. The van der Waals surface area contributed by atoms with Gasteiger partial charge in [-0.1, -0.05) is 29.8 Å². The number of nitrogens with one attached hydrogen (secondary N) is 1. The van der Waals surface area contributed by atoms with Crippen LogP contribution in [-0.2, 0) is 6.54 Å². The van der Waals surface area contributed by atoms with E-state index in [-0.39, 0.29) is 5.69 Å². The van der Waals surface area contributed by atoms with Gasteiger partial charge >= 0.3 is 0 Å². The van der Waals surface area contributed by atoms with Gasteiger partial charge in [0.1, 0.15) is 11.8 Å². The van der Waals surface area contributed by atoms with Crippen molar-refractivity contribution in [2.45, 2.75) is 13.5 Å². The van der Waals surface area contributed by atoms with E-state index in [2.05, 4.69) is 21.6 Å². The van der Waals surface area contributed by atoms with Crippen LogP contribution in [0.3, 0.4) is 0 Å². The second-order valence-corrected chi connectivity index (χ2v) is 5.22. The molecular formula is C18H16N4O. The van der Waals surface area contributed by atoms with E-state index in [9.17, 15) is 5.26 Å². The molecule has 1 aromatic heterocycles. The van der Waals surface area contributed by atoms with Crippen molar-refractivity contribution in [2.75, 3.05) is 12.4 Å². The third kappa shape index (κ3) is 2.92. The number of hydrogen-bond donors (Lipinski definition) is 1. The van der Waals surface area contributed by atoms with E-state index < -0.39 is 0 Å². The topological polar surface area (TPSA) is 70.8 Å². The number of aromatic nitrogens is 2. The first-order valence-electron chi connectivity index (χ1n) is 7.26. The maximum absolute atomic E-state index is 9.33. The predicted octanol–water partition coefficient (Wildman–Crippen LogP) is 3.43. The Bertz CT molecular complexity index is 899. The molecule has 0 aliphatic carbocycles. The standard InChI is InChI=1S/C18H16N4O/c1-12-7-8-15-14(9-12)18(16(10-19)22-21-15)20-11-13-5-3-4-6-17(13)23-2/h3-9H,11H2,1-2H3,(H,20,21). The number of ether oxygens (including phenoxy) is 1. The first-order chi connectivity index (χ1) is 11.2. The molecule has 0 fully saturated rings. The molecule has 23 heavy (non-hydrogen) atoms. The van der Waals surface area contributed by atoms with Crippen LogP contribution in [0.2, 0.25) is 0 Å². The number of benzene rings is 2. The van der Waals surface area contributed by atoms with Crippen LogP contribution in [0.4, 0.5) is 5.69 Å². The summed E-state index contributed by atoms with van der Waals surface area (Å²) in [6.45, 7) is 2.54. The molecule has 0 atom stereocenters. The summed E-state index contributed by atoms with van der Waals surface area (Å²) in [5, 5.41) is 21.7. The SMILES string of the molecule is COc1ccccc1CNc1c(C#N)nnc2ccc(C)cc12. The molecule has 5 heteroatoms. The number of methoxy groups -OCH3 is 1. The van der Waals surface area contributed by atoms with Crippen molar-refractivity contribution in [3.8, 4) is 11.8 Å². The van der Waals surface area contributed by atoms with Crippen LogP contribution in [-0.4, -0.2) is 17.3 Å². The molecule has 0 aliphatic rings. The monoisotopic (exact) mass is 304 g/mol. The fourth-order valence-corrected chi connectivity index (χ4v) is 2.51. The Balaban J connectivity index is 2.02. The maximum atomic E-state index is 9.33. The molecule has 2 aromatic carbocycles. The molecule has 0 unspecified atom stereocenters. The summed E-state index contributed by atoms with van der Waals surface area (Å²) in [5.41, 5.74) is 3.87.